The Hall–Kier alpha value is -2.34. The molecular formula is C20H25NO4S. The summed E-state index contributed by atoms with van der Waals surface area (Å²) in [6.07, 6.45) is 0. The van der Waals surface area contributed by atoms with Crippen molar-refractivity contribution in [2.75, 3.05) is 13.1 Å². The summed E-state index contributed by atoms with van der Waals surface area (Å²) in [6, 6.07) is 12.9. The summed E-state index contributed by atoms with van der Waals surface area (Å²) in [4.78, 5) is 14.0. The zero-order valence-corrected chi connectivity index (χ0v) is 16.4. The molecule has 0 saturated carbocycles. The summed E-state index contributed by atoms with van der Waals surface area (Å²) < 4.78 is 30.2. The van der Waals surface area contributed by atoms with E-state index < -0.39 is 10.1 Å². The Bertz CT molecular complexity index is 854. The lowest BCUT2D eigenvalue weighted by molar-refractivity contribution is 0.0773. The number of amides is 1. The molecule has 26 heavy (non-hydrogen) atoms. The van der Waals surface area contributed by atoms with E-state index in [1.54, 1.807) is 23.1 Å². The number of hydrogen-bond acceptors (Lipinski definition) is 4. The number of carbonyl (C=O) groups is 1. The van der Waals surface area contributed by atoms with Crippen LogP contribution in [0.5, 0.6) is 5.75 Å². The molecule has 0 N–H and O–H groups in total. The Morgan fingerprint density at radius 3 is 2.19 bits per heavy atom. The fraction of sp³-hybridized carbons (Fsp3) is 0.350. The monoisotopic (exact) mass is 375 g/mol. The predicted octanol–water partition coefficient (Wildman–Crippen LogP) is 4.06. The molecular weight excluding hydrogens is 350 g/mol. The largest absolute Gasteiger partial charge is 0.379 e. The van der Waals surface area contributed by atoms with Gasteiger partial charge in [0.05, 0.1) is 0 Å². The Labute approximate surface area is 155 Å². The van der Waals surface area contributed by atoms with E-state index in [9.17, 15) is 13.2 Å². The molecule has 0 aromatic heterocycles. The number of nitrogens with zero attached hydrogens (tertiary/aromatic N) is 1. The number of carbonyl (C=O) groups excluding carboxylic acids is 1. The SMILES string of the molecule is CCN(CC)C(=O)c1ccc(S(=O)(=O)Oc2cccc(C(C)C)c2)cc1. The fourth-order valence-electron chi connectivity index (χ4n) is 2.56. The van der Waals surface area contributed by atoms with E-state index >= 15 is 0 Å². The molecule has 140 valence electrons. The molecule has 0 unspecified atom stereocenters. The number of hydrogen-bond donors (Lipinski definition) is 0. The zero-order valence-electron chi connectivity index (χ0n) is 15.6. The second kappa shape index (κ2) is 8.36. The van der Waals surface area contributed by atoms with E-state index in [0.717, 1.165) is 5.56 Å². The minimum atomic E-state index is -3.95. The third-order valence-electron chi connectivity index (χ3n) is 4.17. The average molecular weight is 375 g/mol. The van der Waals surface area contributed by atoms with E-state index in [0.29, 0.717) is 18.7 Å². The maximum absolute atomic E-state index is 12.5. The summed E-state index contributed by atoms with van der Waals surface area (Å²) in [7, 11) is -3.95. The minimum absolute atomic E-state index is 0.0172. The Kier molecular flexibility index (Phi) is 6.42. The highest BCUT2D eigenvalue weighted by Gasteiger charge is 2.19. The second-order valence-corrected chi connectivity index (χ2v) is 7.81. The zero-order chi connectivity index (χ0) is 19.3. The van der Waals surface area contributed by atoms with Crippen LogP contribution in [0, 0.1) is 0 Å². The Morgan fingerprint density at radius 1 is 1.04 bits per heavy atom. The van der Waals surface area contributed by atoms with Gasteiger partial charge >= 0.3 is 10.1 Å². The van der Waals surface area contributed by atoms with Gasteiger partial charge in [-0.15, -0.1) is 0 Å². The highest BCUT2D eigenvalue weighted by Crippen LogP contribution is 2.23. The second-order valence-electron chi connectivity index (χ2n) is 6.27. The van der Waals surface area contributed by atoms with Crippen LogP contribution in [0.2, 0.25) is 0 Å². The van der Waals surface area contributed by atoms with Gasteiger partial charge in [0.25, 0.3) is 5.91 Å². The molecule has 2 aromatic rings. The highest BCUT2D eigenvalue weighted by atomic mass is 32.2. The fourth-order valence-corrected chi connectivity index (χ4v) is 3.48. The molecule has 6 heteroatoms. The number of rotatable bonds is 7. The topological polar surface area (TPSA) is 63.7 Å². The lowest BCUT2D eigenvalue weighted by atomic mass is 10.0. The van der Waals surface area contributed by atoms with Crippen LogP contribution < -0.4 is 4.18 Å². The summed E-state index contributed by atoms with van der Waals surface area (Å²) in [5, 5.41) is 0. The van der Waals surface area contributed by atoms with E-state index in [1.807, 2.05) is 33.8 Å². The van der Waals surface area contributed by atoms with Crippen molar-refractivity contribution in [3.63, 3.8) is 0 Å². The van der Waals surface area contributed by atoms with Gasteiger partial charge in [-0.3, -0.25) is 4.79 Å². The summed E-state index contributed by atoms with van der Waals surface area (Å²) in [6.45, 7) is 9.06. The summed E-state index contributed by atoms with van der Waals surface area (Å²) in [5.41, 5.74) is 1.45. The molecule has 1 amide bonds. The number of benzene rings is 2. The van der Waals surface area contributed by atoms with Crippen LogP contribution >= 0.6 is 0 Å². The first kappa shape index (κ1) is 20.0. The van der Waals surface area contributed by atoms with E-state index in [4.69, 9.17) is 4.18 Å². The molecule has 0 aliphatic heterocycles. The van der Waals surface area contributed by atoms with Gasteiger partial charge in [-0.05, 0) is 61.7 Å². The van der Waals surface area contributed by atoms with Gasteiger partial charge < -0.3 is 9.08 Å². The smallest absolute Gasteiger partial charge is 0.339 e. The van der Waals surface area contributed by atoms with Crippen molar-refractivity contribution in [3.05, 3.63) is 59.7 Å². The molecule has 0 radical (unpaired) electrons. The van der Waals surface area contributed by atoms with Crippen molar-refractivity contribution in [2.24, 2.45) is 0 Å². The third kappa shape index (κ3) is 4.64. The normalized spacial score (nSPS) is 11.4. The molecule has 0 fully saturated rings. The molecule has 0 aliphatic rings. The van der Waals surface area contributed by atoms with E-state index in [-0.39, 0.29) is 22.5 Å². The molecule has 0 bridgehead atoms. The van der Waals surface area contributed by atoms with Gasteiger partial charge in [0.1, 0.15) is 10.6 Å². The van der Waals surface area contributed by atoms with Crippen molar-refractivity contribution in [2.45, 2.75) is 38.5 Å². The Balaban J connectivity index is 2.22. The molecule has 0 atom stereocenters. The van der Waals surface area contributed by atoms with Crippen LogP contribution in [0.1, 0.15) is 49.5 Å². The van der Waals surface area contributed by atoms with Crippen molar-refractivity contribution in [1.29, 1.82) is 0 Å². The first-order chi connectivity index (χ1) is 12.3. The van der Waals surface area contributed by atoms with Crippen LogP contribution in [0.25, 0.3) is 0 Å². The maximum Gasteiger partial charge on any atom is 0.339 e. The van der Waals surface area contributed by atoms with Crippen molar-refractivity contribution in [3.8, 4) is 5.75 Å². The molecule has 2 aromatic carbocycles. The highest BCUT2D eigenvalue weighted by molar-refractivity contribution is 7.87. The van der Waals surface area contributed by atoms with Gasteiger partial charge in [0, 0.05) is 18.7 Å². The third-order valence-corrected chi connectivity index (χ3v) is 5.43. The van der Waals surface area contributed by atoms with Gasteiger partial charge in [0.2, 0.25) is 0 Å². The predicted molar refractivity (Wildman–Crippen MR) is 102 cm³/mol. The minimum Gasteiger partial charge on any atom is -0.379 e. The molecule has 0 spiro atoms. The summed E-state index contributed by atoms with van der Waals surface area (Å²) in [5.74, 6) is 0.427. The van der Waals surface area contributed by atoms with E-state index in [1.165, 1.54) is 24.3 Å². The quantitative estimate of drug-likeness (QED) is 0.685. The van der Waals surface area contributed by atoms with Crippen LogP contribution in [-0.2, 0) is 10.1 Å². The van der Waals surface area contributed by atoms with Crippen molar-refractivity contribution in [1.82, 2.24) is 4.90 Å². The first-order valence-electron chi connectivity index (χ1n) is 8.72. The van der Waals surface area contributed by atoms with Crippen LogP contribution in [0.4, 0.5) is 0 Å². The van der Waals surface area contributed by atoms with Crippen molar-refractivity contribution < 1.29 is 17.4 Å². The van der Waals surface area contributed by atoms with Gasteiger partial charge in [-0.2, -0.15) is 8.42 Å². The van der Waals surface area contributed by atoms with Crippen LogP contribution in [0.3, 0.4) is 0 Å². The average Bonchev–Trinajstić information content (AvgIpc) is 2.62. The molecule has 2 rings (SSSR count). The van der Waals surface area contributed by atoms with Crippen LogP contribution in [-0.4, -0.2) is 32.3 Å². The van der Waals surface area contributed by atoms with Gasteiger partial charge in [-0.25, -0.2) is 0 Å². The lowest BCUT2D eigenvalue weighted by Crippen LogP contribution is -2.30. The maximum atomic E-state index is 12.5. The van der Waals surface area contributed by atoms with Gasteiger partial charge in [0.15, 0.2) is 0 Å². The molecule has 5 nitrogen and oxygen atoms in total. The van der Waals surface area contributed by atoms with Crippen molar-refractivity contribution >= 4 is 16.0 Å². The molecule has 0 heterocycles. The molecule has 0 saturated heterocycles. The lowest BCUT2D eigenvalue weighted by Gasteiger charge is -2.18. The Morgan fingerprint density at radius 2 is 1.65 bits per heavy atom. The standard InChI is InChI=1S/C20H25NO4S/c1-5-21(6-2)20(22)16-10-12-19(13-11-16)26(23,24)25-18-9-7-8-17(14-18)15(3)4/h7-15H,5-6H2,1-4H3. The first-order valence-corrected chi connectivity index (χ1v) is 10.1. The van der Waals surface area contributed by atoms with Gasteiger partial charge in [-0.1, -0.05) is 26.0 Å². The van der Waals surface area contributed by atoms with E-state index in [2.05, 4.69) is 0 Å². The summed E-state index contributed by atoms with van der Waals surface area (Å²) >= 11 is 0. The van der Waals surface area contributed by atoms with Crippen LogP contribution in [0.15, 0.2) is 53.4 Å². The molecule has 0 aliphatic carbocycles.